The number of halogens is 1. The van der Waals surface area contributed by atoms with Crippen molar-refractivity contribution in [1.29, 1.82) is 0 Å². The van der Waals surface area contributed by atoms with E-state index in [1.807, 2.05) is 41.3 Å². The highest BCUT2D eigenvalue weighted by Crippen LogP contribution is 2.36. The standard InChI is InChI=1S/C27H36FN3O2/c1-4-30-15-13-27(14-16-30)25(17-21-5-9-23(28)10-6-21)31(26(32)29-27)18-22-7-11-24(12-8-22)33-19-20(2)3/h5-12,20,25H,4,13-19H2,1-3H3,(H,29,32)/t25-/m0/s1. The Bertz CT molecular complexity index is 921. The molecule has 0 radical (unpaired) electrons. The Morgan fingerprint density at radius 3 is 2.30 bits per heavy atom. The molecule has 2 aliphatic rings. The topological polar surface area (TPSA) is 44.8 Å². The molecule has 0 aromatic heterocycles. The van der Waals surface area contributed by atoms with Crippen LogP contribution in [0.2, 0.25) is 0 Å². The minimum absolute atomic E-state index is 0.00723. The molecule has 0 aliphatic carbocycles. The number of hydrogen-bond acceptors (Lipinski definition) is 3. The normalized spacial score (nSPS) is 20.5. The summed E-state index contributed by atoms with van der Waals surface area (Å²) in [5, 5.41) is 3.37. The monoisotopic (exact) mass is 453 g/mol. The van der Waals surface area contributed by atoms with Crippen LogP contribution >= 0.6 is 0 Å². The lowest BCUT2D eigenvalue weighted by Gasteiger charge is -2.43. The molecule has 5 nitrogen and oxygen atoms in total. The predicted molar refractivity (Wildman–Crippen MR) is 129 cm³/mol. The molecule has 2 fully saturated rings. The lowest BCUT2D eigenvalue weighted by Crippen LogP contribution is -2.57. The molecule has 1 spiro atoms. The number of likely N-dealkylation sites (tertiary alicyclic amines) is 1. The number of nitrogens with one attached hydrogen (secondary N) is 1. The van der Waals surface area contributed by atoms with Crippen molar-refractivity contribution in [1.82, 2.24) is 15.1 Å². The number of rotatable bonds is 8. The second-order valence-corrected chi connectivity index (χ2v) is 9.84. The summed E-state index contributed by atoms with van der Waals surface area (Å²) < 4.78 is 19.3. The van der Waals surface area contributed by atoms with Crippen LogP contribution in [0.1, 0.15) is 44.7 Å². The molecule has 1 atom stereocenters. The Kier molecular flexibility index (Phi) is 7.23. The van der Waals surface area contributed by atoms with Crippen LogP contribution < -0.4 is 10.1 Å². The highest BCUT2D eigenvalue weighted by atomic mass is 19.1. The molecule has 2 saturated heterocycles. The van der Waals surface area contributed by atoms with Crippen LogP contribution in [0.3, 0.4) is 0 Å². The zero-order valence-electron chi connectivity index (χ0n) is 20.0. The quantitative estimate of drug-likeness (QED) is 0.621. The van der Waals surface area contributed by atoms with Gasteiger partial charge in [0.25, 0.3) is 0 Å². The number of urea groups is 1. The van der Waals surface area contributed by atoms with Gasteiger partial charge in [0.2, 0.25) is 0 Å². The zero-order chi connectivity index (χ0) is 23.4. The van der Waals surface area contributed by atoms with Gasteiger partial charge in [0, 0.05) is 19.6 Å². The first-order valence-electron chi connectivity index (χ1n) is 12.2. The van der Waals surface area contributed by atoms with Crippen molar-refractivity contribution in [3.63, 3.8) is 0 Å². The van der Waals surface area contributed by atoms with E-state index in [0.29, 0.717) is 25.5 Å². The Balaban J connectivity index is 1.54. The highest BCUT2D eigenvalue weighted by molar-refractivity contribution is 5.79. The molecule has 6 heteroatoms. The second kappa shape index (κ2) is 10.1. The molecule has 0 unspecified atom stereocenters. The minimum Gasteiger partial charge on any atom is -0.493 e. The Hall–Kier alpha value is -2.60. The maximum Gasteiger partial charge on any atom is 0.318 e. The van der Waals surface area contributed by atoms with Crippen LogP contribution in [-0.2, 0) is 13.0 Å². The smallest absolute Gasteiger partial charge is 0.318 e. The summed E-state index contributed by atoms with van der Waals surface area (Å²) in [7, 11) is 0. The Labute approximate surface area is 196 Å². The van der Waals surface area contributed by atoms with Crippen molar-refractivity contribution in [2.45, 2.75) is 58.2 Å². The van der Waals surface area contributed by atoms with E-state index in [0.717, 1.165) is 49.4 Å². The summed E-state index contributed by atoms with van der Waals surface area (Å²) in [4.78, 5) is 17.6. The average molecular weight is 454 g/mol. The molecule has 1 N–H and O–H groups in total. The molecule has 0 saturated carbocycles. The summed E-state index contributed by atoms with van der Waals surface area (Å²) in [6.07, 6.45) is 2.56. The molecule has 0 bridgehead atoms. The lowest BCUT2D eigenvalue weighted by molar-refractivity contribution is 0.112. The number of carbonyl (C=O) groups excluding carboxylic acids is 1. The van der Waals surface area contributed by atoms with Crippen molar-refractivity contribution in [2.24, 2.45) is 5.92 Å². The zero-order valence-corrected chi connectivity index (χ0v) is 20.0. The van der Waals surface area contributed by atoms with E-state index in [9.17, 15) is 9.18 Å². The number of hydrogen-bond donors (Lipinski definition) is 1. The summed E-state index contributed by atoms with van der Waals surface area (Å²) in [5.74, 6) is 1.09. The molecule has 33 heavy (non-hydrogen) atoms. The Morgan fingerprint density at radius 1 is 1.06 bits per heavy atom. The van der Waals surface area contributed by atoms with E-state index in [-0.39, 0.29) is 23.4 Å². The van der Waals surface area contributed by atoms with E-state index in [2.05, 4.69) is 31.0 Å². The van der Waals surface area contributed by atoms with Crippen LogP contribution in [0.15, 0.2) is 48.5 Å². The lowest BCUT2D eigenvalue weighted by atomic mass is 9.78. The number of ether oxygens (including phenoxy) is 1. The Morgan fingerprint density at radius 2 is 1.70 bits per heavy atom. The molecular formula is C27H36FN3O2. The molecule has 2 aromatic carbocycles. The first-order valence-corrected chi connectivity index (χ1v) is 12.2. The van der Waals surface area contributed by atoms with Crippen molar-refractivity contribution in [3.05, 3.63) is 65.5 Å². The first kappa shape index (κ1) is 23.6. The van der Waals surface area contributed by atoms with Gasteiger partial charge in [-0.15, -0.1) is 0 Å². The summed E-state index contributed by atoms with van der Waals surface area (Å²) in [6, 6.07) is 14.8. The van der Waals surface area contributed by atoms with Crippen LogP contribution in [0, 0.1) is 11.7 Å². The van der Waals surface area contributed by atoms with Crippen molar-refractivity contribution in [3.8, 4) is 5.75 Å². The van der Waals surface area contributed by atoms with E-state index in [4.69, 9.17) is 4.74 Å². The van der Waals surface area contributed by atoms with Gasteiger partial charge >= 0.3 is 6.03 Å². The van der Waals surface area contributed by atoms with Gasteiger partial charge < -0.3 is 19.9 Å². The third-order valence-corrected chi connectivity index (χ3v) is 7.03. The minimum atomic E-state index is -0.253. The molecule has 2 aromatic rings. The highest BCUT2D eigenvalue weighted by Gasteiger charge is 2.51. The first-order chi connectivity index (χ1) is 15.9. The number of nitrogens with zero attached hydrogens (tertiary/aromatic N) is 2. The molecule has 2 amide bonds. The second-order valence-electron chi connectivity index (χ2n) is 9.84. The van der Waals surface area contributed by atoms with Gasteiger partial charge in [-0.1, -0.05) is 45.0 Å². The number of amides is 2. The van der Waals surface area contributed by atoms with E-state index in [1.54, 1.807) is 0 Å². The largest absolute Gasteiger partial charge is 0.493 e. The maximum absolute atomic E-state index is 13.5. The van der Waals surface area contributed by atoms with Gasteiger partial charge in [-0.3, -0.25) is 0 Å². The van der Waals surface area contributed by atoms with Crippen LogP contribution in [0.25, 0.3) is 0 Å². The molecular weight excluding hydrogens is 417 g/mol. The third kappa shape index (κ3) is 5.49. The summed E-state index contributed by atoms with van der Waals surface area (Å²) >= 11 is 0. The van der Waals surface area contributed by atoms with Gasteiger partial charge in [0.1, 0.15) is 11.6 Å². The average Bonchev–Trinajstić information content (AvgIpc) is 3.05. The summed E-state index contributed by atoms with van der Waals surface area (Å²) in [6.45, 7) is 10.7. The fraction of sp³-hybridized carbons (Fsp3) is 0.519. The van der Waals surface area contributed by atoms with Gasteiger partial charge in [0.05, 0.1) is 18.2 Å². The van der Waals surface area contributed by atoms with Crippen LogP contribution in [0.4, 0.5) is 9.18 Å². The van der Waals surface area contributed by atoms with E-state index in [1.165, 1.54) is 12.1 Å². The molecule has 2 aliphatic heterocycles. The van der Waals surface area contributed by atoms with Gasteiger partial charge in [0.15, 0.2) is 0 Å². The molecule has 2 heterocycles. The number of carbonyl (C=O) groups is 1. The van der Waals surface area contributed by atoms with Crippen molar-refractivity contribution >= 4 is 6.03 Å². The third-order valence-electron chi connectivity index (χ3n) is 7.03. The number of piperidine rings is 1. The van der Waals surface area contributed by atoms with E-state index >= 15 is 0 Å². The number of benzene rings is 2. The van der Waals surface area contributed by atoms with Crippen molar-refractivity contribution < 1.29 is 13.9 Å². The molecule has 178 valence electrons. The van der Waals surface area contributed by atoms with Gasteiger partial charge in [-0.2, -0.15) is 0 Å². The van der Waals surface area contributed by atoms with Gasteiger partial charge in [-0.25, -0.2) is 9.18 Å². The fourth-order valence-electron chi connectivity index (χ4n) is 5.02. The van der Waals surface area contributed by atoms with E-state index < -0.39 is 0 Å². The van der Waals surface area contributed by atoms with Crippen molar-refractivity contribution in [2.75, 3.05) is 26.2 Å². The van der Waals surface area contributed by atoms with Gasteiger partial charge in [-0.05, 0) is 67.1 Å². The SMILES string of the molecule is CCN1CCC2(CC1)NC(=O)N(Cc1ccc(OCC(C)C)cc1)[C@H]2Cc1ccc(F)cc1. The van der Waals surface area contributed by atoms with Crippen LogP contribution in [-0.4, -0.2) is 53.7 Å². The predicted octanol–water partition coefficient (Wildman–Crippen LogP) is 4.85. The molecule has 4 rings (SSSR count). The fourth-order valence-corrected chi connectivity index (χ4v) is 5.02. The maximum atomic E-state index is 13.5. The summed E-state index contributed by atoms with van der Waals surface area (Å²) in [5.41, 5.74) is 1.88. The van der Waals surface area contributed by atoms with Crippen LogP contribution in [0.5, 0.6) is 5.75 Å².